The minimum absolute atomic E-state index is 0.266. The van der Waals surface area contributed by atoms with Crippen LogP contribution in [0.5, 0.6) is 5.75 Å². The van der Waals surface area contributed by atoms with E-state index in [0.717, 1.165) is 28.7 Å². The van der Waals surface area contributed by atoms with Crippen molar-refractivity contribution in [3.63, 3.8) is 0 Å². The van der Waals surface area contributed by atoms with Gasteiger partial charge in [-0.3, -0.25) is 9.10 Å². The molecule has 2 aromatic carbocycles. The van der Waals surface area contributed by atoms with E-state index in [2.05, 4.69) is 5.32 Å². The van der Waals surface area contributed by atoms with Gasteiger partial charge in [-0.15, -0.1) is 0 Å². The van der Waals surface area contributed by atoms with Crippen molar-refractivity contribution in [1.29, 1.82) is 0 Å². The number of nitrogens with one attached hydrogen (secondary N) is 1. The lowest BCUT2D eigenvalue weighted by molar-refractivity contribution is -0.123. The zero-order valence-corrected chi connectivity index (χ0v) is 19.2. The van der Waals surface area contributed by atoms with E-state index in [1.807, 2.05) is 52.0 Å². The standard InChI is InChI=1S/C23H30N2O4S/c1-15-8-7-9-18(12-15)25(30(6,27)28)17(3)22(26)24-20-14-23(4,5)29-21-13-16(2)10-11-19(20)21/h7-13,17,20H,14H2,1-6H3,(H,24,26)/t17-,20-/m0/s1. The van der Waals surface area contributed by atoms with Crippen molar-refractivity contribution in [3.05, 3.63) is 59.2 Å². The van der Waals surface area contributed by atoms with E-state index >= 15 is 0 Å². The number of ether oxygens (including phenoxy) is 1. The zero-order valence-electron chi connectivity index (χ0n) is 18.4. The Kier molecular flexibility index (Phi) is 5.87. The maximum atomic E-state index is 13.2. The molecule has 0 spiro atoms. The normalized spacial score (nSPS) is 18.7. The van der Waals surface area contributed by atoms with Gasteiger partial charge >= 0.3 is 0 Å². The van der Waals surface area contributed by atoms with Gasteiger partial charge in [0.15, 0.2) is 0 Å². The Hall–Kier alpha value is -2.54. The second-order valence-corrected chi connectivity index (χ2v) is 10.6. The minimum Gasteiger partial charge on any atom is -0.487 e. The first-order valence-electron chi connectivity index (χ1n) is 10.0. The molecule has 0 aromatic heterocycles. The number of aryl methyl sites for hydroxylation is 2. The lowest BCUT2D eigenvalue weighted by Gasteiger charge is -2.39. The molecule has 2 atom stereocenters. The summed E-state index contributed by atoms with van der Waals surface area (Å²) in [6.45, 7) is 9.45. The lowest BCUT2D eigenvalue weighted by atomic mass is 9.89. The van der Waals surface area contributed by atoms with Crippen LogP contribution in [0.25, 0.3) is 0 Å². The van der Waals surface area contributed by atoms with E-state index in [1.54, 1.807) is 25.1 Å². The van der Waals surface area contributed by atoms with Crippen LogP contribution in [0, 0.1) is 13.8 Å². The maximum Gasteiger partial charge on any atom is 0.244 e. The average Bonchev–Trinajstić information content (AvgIpc) is 2.59. The topological polar surface area (TPSA) is 75.7 Å². The van der Waals surface area contributed by atoms with E-state index in [4.69, 9.17) is 4.74 Å². The Balaban J connectivity index is 1.91. The number of carbonyl (C=O) groups is 1. The summed E-state index contributed by atoms with van der Waals surface area (Å²) < 4.78 is 32.4. The van der Waals surface area contributed by atoms with E-state index in [9.17, 15) is 13.2 Å². The average molecular weight is 431 g/mol. The molecule has 1 amide bonds. The molecule has 0 unspecified atom stereocenters. The molecular formula is C23H30N2O4S. The number of carbonyl (C=O) groups excluding carboxylic acids is 1. The van der Waals surface area contributed by atoms with Gasteiger partial charge in [-0.2, -0.15) is 0 Å². The first kappa shape index (κ1) is 22.2. The van der Waals surface area contributed by atoms with Gasteiger partial charge in [-0.25, -0.2) is 8.42 Å². The number of anilines is 1. The summed E-state index contributed by atoms with van der Waals surface area (Å²) >= 11 is 0. The molecular weight excluding hydrogens is 400 g/mol. The highest BCUT2D eigenvalue weighted by Gasteiger charge is 2.37. The maximum absolute atomic E-state index is 13.2. The number of benzene rings is 2. The minimum atomic E-state index is -3.66. The summed E-state index contributed by atoms with van der Waals surface area (Å²) in [6.07, 6.45) is 1.71. The van der Waals surface area contributed by atoms with E-state index < -0.39 is 21.7 Å². The molecule has 1 aliphatic heterocycles. The third kappa shape index (κ3) is 4.78. The van der Waals surface area contributed by atoms with E-state index in [0.29, 0.717) is 12.1 Å². The molecule has 3 rings (SSSR count). The molecule has 0 aliphatic carbocycles. The Morgan fingerprint density at radius 3 is 2.47 bits per heavy atom. The van der Waals surface area contributed by atoms with Crippen molar-refractivity contribution >= 4 is 21.6 Å². The highest BCUT2D eigenvalue weighted by molar-refractivity contribution is 7.92. The lowest BCUT2D eigenvalue weighted by Crippen LogP contribution is -2.50. The van der Waals surface area contributed by atoms with Gasteiger partial charge in [0, 0.05) is 12.0 Å². The first-order chi connectivity index (χ1) is 13.9. The highest BCUT2D eigenvalue weighted by Crippen LogP contribution is 2.40. The molecule has 2 aromatic rings. The van der Waals surface area contributed by atoms with E-state index in [-0.39, 0.29) is 11.9 Å². The SMILES string of the molecule is Cc1cccc(N([C@@H](C)C(=O)N[C@H]2CC(C)(C)Oc3cc(C)ccc32)S(C)(=O)=O)c1. The Morgan fingerprint density at radius 2 is 1.83 bits per heavy atom. The zero-order chi connectivity index (χ0) is 22.3. The quantitative estimate of drug-likeness (QED) is 0.781. The van der Waals surface area contributed by atoms with Gasteiger partial charge in [-0.05, 0) is 63.9 Å². The van der Waals surface area contributed by atoms with Gasteiger partial charge in [0.05, 0.1) is 18.0 Å². The van der Waals surface area contributed by atoms with Crippen LogP contribution in [0.1, 0.15) is 49.9 Å². The molecule has 0 bridgehead atoms. The number of rotatable bonds is 5. The van der Waals surface area contributed by atoms with Crippen LogP contribution in [0.15, 0.2) is 42.5 Å². The Morgan fingerprint density at radius 1 is 1.17 bits per heavy atom. The molecule has 0 radical (unpaired) electrons. The van der Waals surface area contributed by atoms with Crippen molar-refractivity contribution in [1.82, 2.24) is 5.32 Å². The Bertz CT molecular complexity index is 1060. The van der Waals surface area contributed by atoms with E-state index in [1.165, 1.54) is 4.31 Å². The summed E-state index contributed by atoms with van der Waals surface area (Å²) in [5.41, 5.74) is 2.93. The molecule has 6 nitrogen and oxygen atoms in total. The van der Waals surface area contributed by atoms with Gasteiger partial charge in [0.1, 0.15) is 17.4 Å². The predicted molar refractivity (Wildman–Crippen MR) is 119 cm³/mol. The van der Waals surface area contributed by atoms with Crippen molar-refractivity contribution in [2.24, 2.45) is 0 Å². The monoisotopic (exact) mass is 430 g/mol. The summed E-state index contributed by atoms with van der Waals surface area (Å²) in [6, 6.07) is 11.9. The van der Waals surface area contributed by atoms with Crippen LogP contribution in [-0.2, 0) is 14.8 Å². The third-order valence-electron chi connectivity index (χ3n) is 5.29. The van der Waals surface area contributed by atoms with Crippen LogP contribution in [0.4, 0.5) is 5.69 Å². The van der Waals surface area contributed by atoms with Crippen LogP contribution in [-0.4, -0.2) is 32.2 Å². The van der Waals surface area contributed by atoms with Crippen LogP contribution in [0.2, 0.25) is 0 Å². The second kappa shape index (κ2) is 7.95. The highest BCUT2D eigenvalue weighted by atomic mass is 32.2. The fourth-order valence-electron chi connectivity index (χ4n) is 3.95. The molecule has 0 fully saturated rings. The largest absolute Gasteiger partial charge is 0.487 e. The van der Waals surface area contributed by atoms with Gasteiger partial charge in [0.25, 0.3) is 0 Å². The van der Waals surface area contributed by atoms with Crippen molar-refractivity contribution in [3.8, 4) is 5.75 Å². The fourth-order valence-corrected chi connectivity index (χ4v) is 5.12. The van der Waals surface area contributed by atoms with Crippen LogP contribution in [0.3, 0.4) is 0 Å². The summed E-state index contributed by atoms with van der Waals surface area (Å²) in [5, 5.41) is 3.06. The molecule has 162 valence electrons. The molecule has 0 saturated carbocycles. The summed E-state index contributed by atoms with van der Waals surface area (Å²) in [5.74, 6) is 0.402. The number of amides is 1. The number of sulfonamides is 1. The molecule has 1 heterocycles. The smallest absolute Gasteiger partial charge is 0.244 e. The number of hydrogen-bond donors (Lipinski definition) is 1. The molecule has 1 N–H and O–H groups in total. The second-order valence-electron chi connectivity index (χ2n) is 8.74. The number of nitrogens with zero attached hydrogens (tertiary/aromatic N) is 1. The number of fused-ring (bicyclic) bond motifs is 1. The van der Waals surface area contributed by atoms with Crippen molar-refractivity contribution < 1.29 is 17.9 Å². The first-order valence-corrected chi connectivity index (χ1v) is 11.9. The fraction of sp³-hybridized carbons (Fsp3) is 0.435. The van der Waals surface area contributed by atoms with Crippen molar-refractivity contribution in [2.75, 3.05) is 10.6 Å². The predicted octanol–water partition coefficient (Wildman–Crippen LogP) is 3.88. The molecule has 1 aliphatic rings. The Labute approximate surface area is 179 Å². The number of hydrogen-bond acceptors (Lipinski definition) is 4. The van der Waals surface area contributed by atoms with Crippen LogP contribution >= 0.6 is 0 Å². The molecule has 0 saturated heterocycles. The molecule has 30 heavy (non-hydrogen) atoms. The van der Waals surface area contributed by atoms with Crippen LogP contribution < -0.4 is 14.4 Å². The third-order valence-corrected chi connectivity index (χ3v) is 6.53. The van der Waals surface area contributed by atoms with Crippen molar-refractivity contribution in [2.45, 2.75) is 58.7 Å². The summed E-state index contributed by atoms with van der Waals surface area (Å²) in [4.78, 5) is 13.2. The van der Waals surface area contributed by atoms with Gasteiger partial charge in [0.2, 0.25) is 15.9 Å². The van der Waals surface area contributed by atoms with Gasteiger partial charge in [-0.1, -0.05) is 24.3 Å². The van der Waals surface area contributed by atoms with Gasteiger partial charge < -0.3 is 10.1 Å². The molecule has 7 heteroatoms. The summed E-state index contributed by atoms with van der Waals surface area (Å²) in [7, 11) is -3.66.